The third-order valence-electron chi connectivity index (χ3n) is 4.51. The van der Waals surface area contributed by atoms with Crippen LogP contribution in [0, 0.1) is 17.6 Å². The fourth-order valence-corrected chi connectivity index (χ4v) is 2.94. The Bertz CT molecular complexity index is 1000. The number of hydrogen-bond acceptors (Lipinski definition) is 2. The van der Waals surface area contributed by atoms with E-state index >= 15 is 0 Å². The third kappa shape index (κ3) is 3.28. The minimum atomic E-state index is -4.52. The molecule has 0 bridgehead atoms. The summed E-state index contributed by atoms with van der Waals surface area (Å²) in [6.07, 6.45) is -0.690. The molecule has 1 aliphatic heterocycles. The lowest BCUT2D eigenvalue weighted by Crippen LogP contribution is -2.35. The van der Waals surface area contributed by atoms with Crippen LogP contribution in [0.2, 0.25) is 0 Å². The fraction of sp³-hybridized carbons (Fsp3) is 0.211. The molecule has 144 valence electrons. The summed E-state index contributed by atoms with van der Waals surface area (Å²) in [7, 11) is 0. The summed E-state index contributed by atoms with van der Waals surface area (Å²) >= 11 is 0. The van der Waals surface area contributed by atoms with E-state index in [1.165, 1.54) is 12.1 Å². The van der Waals surface area contributed by atoms with Crippen LogP contribution in [-0.2, 0) is 0 Å². The van der Waals surface area contributed by atoms with Crippen molar-refractivity contribution < 1.29 is 31.3 Å². The van der Waals surface area contributed by atoms with Gasteiger partial charge in [0.05, 0.1) is 5.56 Å². The first kappa shape index (κ1) is 18.3. The van der Waals surface area contributed by atoms with E-state index in [2.05, 4.69) is 10.3 Å². The first-order valence-corrected chi connectivity index (χ1v) is 8.43. The van der Waals surface area contributed by atoms with Gasteiger partial charge in [-0.25, -0.2) is 8.78 Å². The van der Waals surface area contributed by atoms with Gasteiger partial charge in [-0.2, -0.15) is 17.7 Å². The van der Waals surface area contributed by atoms with Gasteiger partial charge in [0.15, 0.2) is 6.20 Å². The third-order valence-corrected chi connectivity index (χ3v) is 4.51. The fourth-order valence-electron chi connectivity index (χ4n) is 2.94. The van der Waals surface area contributed by atoms with E-state index < -0.39 is 35.1 Å². The van der Waals surface area contributed by atoms with Crippen molar-refractivity contribution in [2.75, 3.05) is 5.32 Å². The zero-order chi connectivity index (χ0) is 20.1. The van der Waals surface area contributed by atoms with Gasteiger partial charge in [-0.1, -0.05) is 6.07 Å². The Kier molecular flexibility index (Phi) is 4.24. The second-order valence-corrected chi connectivity index (χ2v) is 6.52. The number of pyridine rings is 1. The smallest absolute Gasteiger partial charge is 0.317 e. The largest absolute Gasteiger partial charge is 0.454 e. The molecule has 4 nitrogen and oxygen atoms in total. The maximum atomic E-state index is 13.6. The van der Waals surface area contributed by atoms with Gasteiger partial charge in [0.2, 0.25) is 5.70 Å². The number of carbonyl (C=O) groups is 1. The van der Waals surface area contributed by atoms with E-state index in [9.17, 15) is 26.7 Å². The number of para-hydroxylation sites is 1. The summed E-state index contributed by atoms with van der Waals surface area (Å²) in [5, 5.41) is 2.10. The number of hydrogen-bond donors (Lipinski definition) is 1. The number of nitrogens with one attached hydrogen (secondary N) is 1. The standard InChI is InChI=1S/C19H12F5N3O/c20-12-2-1-3-13(21)17(12)26-18(28)11-6-7-16(25-9-11)27-14(10-4-5-10)8-15(27)19(22,23)24/h1-3,6-10H,4-5H2/p+1. The van der Waals surface area contributed by atoms with Crippen molar-refractivity contribution in [3.05, 3.63) is 65.5 Å². The van der Waals surface area contributed by atoms with Crippen molar-refractivity contribution in [1.82, 2.24) is 4.98 Å². The van der Waals surface area contributed by atoms with Gasteiger partial charge in [-0.3, -0.25) is 4.79 Å². The predicted octanol–water partition coefficient (Wildman–Crippen LogP) is 4.57. The van der Waals surface area contributed by atoms with Crippen LogP contribution in [0.5, 0.6) is 0 Å². The lowest BCUT2D eigenvalue weighted by Gasteiger charge is -2.21. The molecule has 0 atom stereocenters. The number of rotatable bonds is 4. The van der Waals surface area contributed by atoms with Crippen molar-refractivity contribution in [3.63, 3.8) is 0 Å². The lowest BCUT2D eigenvalue weighted by molar-refractivity contribution is -0.441. The zero-order valence-electron chi connectivity index (χ0n) is 14.2. The summed E-state index contributed by atoms with van der Waals surface area (Å²) in [5.74, 6) is -2.60. The van der Waals surface area contributed by atoms with Crippen LogP contribution in [0.25, 0.3) is 0 Å². The van der Waals surface area contributed by atoms with Crippen molar-refractivity contribution in [1.29, 1.82) is 0 Å². The van der Waals surface area contributed by atoms with Crippen molar-refractivity contribution in [2.24, 2.45) is 5.92 Å². The van der Waals surface area contributed by atoms with Crippen LogP contribution < -0.4 is 5.32 Å². The SMILES string of the molecule is O=C(Nc1c(F)cccc1F)c1ccc([N+]2=C(C3CC3)C=C2C(F)(F)F)nc1. The Hall–Kier alpha value is -3.10. The van der Waals surface area contributed by atoms with Gasteiger partial charge in [0.1, 0.15) is 23.0 Å². The molecule has 2 aromatic rings. The quantitative estimate of drug-likeness (QED) is 0.610. The average molecular weight is 394 g/mol. The number of aromatic nitrogens is 1. The molecular weight excluding hydrogens is 381 g/mol. The number of allylic oxidation sites excluding steroid dienone is 2. The molecule has 1 saturated carbocycles. The maximum absolute atomic E-state index is 13.6. The van der Waals surface area contributed by atoms with Crippen molar-refractivity contribution in [2.45, 2.75) is 19.0 Å². The molecule has 2 heterocycles. The van der Waals surface area contributed by atoms with E-state index in [0.717, 1.165) is 47.9 Å². The number of carbonyl (C=O) groups excluding carboxylic acids is 1. The molecule has 0 spiro atoms. The van der Waals surface area contributed by atoms with E-state index in [0.29, 0.717) is 5.71 Å². The molecule has 0 radical (unpaired) electrons. The number of benzene rings is 1. The monoisotopic (exact) mass is 394 g/mol. The van der Waals surface area contributed by atoms with Gasteiger partial charge < -0.3 is 5.32 Å². The summed E-state index contributed by atoms with van der Waals surface area (Å²) < 4.78 is 67.7. The van der Waals surface area contributed by atoms with Gasteiger partial charge in [-0.15, -0.1) is 0 Å². The molecule has 0 unspecified atom stereocenters. The Morgan fingerprint density at radius 3 is 2.32 bits per heavy atom. The second kappa shape index (κ2) is 6.50. The van der Waals surface area contributed by atoms with E-state index in [-0.39, 0.29) is 17.3 Å². The van der Waals surface area contributed by atoms with E-state index in [4.69, 9.17) is 0 Å². The average Bonchev–Trinajstić information content (AvgIpc) is 3.41. The Morgan fingerprint density at radius 1 is 1.11 bits per heavy atom. The molecule has 1 aromatic heterocycles. The predicted molar refractivity (Wildman–Crippen MR) is 90.3 cm³/mol. The molecular formula is C19H13F5N3O+. The van der Waals surface area contributed by atoms with Crippen LogP contribution in [0.1, 0.15) is 23.2 Å². The number of nitrogens with zero attached hydrogens (tertiary/aromatic N) is 2. The van der Waals surface area contributed by atoms with Crippen LogP contribution in [0.4, 0.5) is 33.5 Å². The normalized spacial score (nSPS) is 16.5. The lowest BCUT2D eigenvalue weighted by atomic mass is 10.1. The summed E-state index contributed by atoms with van der Waals surface area (Å²) in [5.41, 5.74) is -0.915. The van der Waals surface area contributed by atoms with Crippen molar-refractivity contribution >= 4 is 23.1 Å². The number of anilines is 1. The maximum Gasteiger partial charge on any atom is 0.454 e. The van der Waals surface area contributed by atoms with E-state index in [1.54, 1.807) is 0 Å². The summed E-state index contributed by atoms with van der Waals surface area (Å²) in [4.78, 5) is 16.1. The zero-order valence-corrected chi connectivity index (χ0v) is 14.2. The number of halogens is 5. The van der Waals surface area contributed by atoms with Crippen molar-refractivity contribution in [3.8, 4) is 0 Å². The molecule has 1 aromatic carbocycles. The highest BCUT2D eigenvalue weighted by atomic mass is 19.4. The topological polar surface area (TPSA) is 45.0 Å². The highest BCUT2D eigenvalue weighted by Crippen LogP contribution is 2.41. The second-order valence-electron chi connectivity index (χ2n) is 6.52. The van der Waals surface area contributed by atoms with Crippen LogP contribution in [0.3, 0.4) is 0 Å². The summed E-state index contributed by atoms with van der Waals surface area (Å²) in [6.45, 7) is 0. The minimum Gasteiger partial charge on any atom is -0.317 e. The van der Waals surface area contributed by atoms with E-state index in [1.807, 2.05) is 0 Å². The number of alkyl halides is 3. The molecule has 1 amide bonds. The Balaban J connectivity index is 1.57. The highest BCUT2D eigenvalue weighted by molar-refractivity contribution is 6.04. The summed E-state index contributed by atoms with van der Waals surface area (Å²) in [6, 6.07) is 5.67. The molecule has 1 N–H and O–H groups in total. The molecule has 4 rings (SSSR count). The van der Waals surface area contributed by atoms with Gasteiger partial charge in [-0.05, 0) is 36.0 Å². The first-order valence-electron chi connectivity index (χ1n) is 8.43. The molecule has 2 aliphatic rings. The van der Waals surface area contributed by atoms with Crippen LogP contribution in [0.15, 0.2) is 48.3 Å². The number of amides is 1. The highest BCUT2D eigenvalue weighted by Gasteiger charge is 2.50. The van der Waals surface area contributed by atoms with Gasteiger partial charge in [0, 0.05) is 18.1 Å². The van der Waals surface area contributed by atoms with Gasteiger partial charge in [0.25, 0.3) is 5.91 Å². The van der Waals surface area contributed by atoms with Gasteiger partial charge >= 0.3 is 12.0 Å². The molecule has 1 aliphatic carbocycles. The Morgan fingerprint density at radius 2 is 1.79 bits per heavy atom. The molecule has 9 heteroatoms. The van der Waals surface area contributed by atoms with Crippen LogP contribution >= 0.6 is 0 Å². The minimum absolute atomic E-state index is 0.0327. The molecule has 0 saturated heterocycles. The molecule has 1 fully saturated rings. The molecule has 28 heavy (non-hydrogen) atoms. The van der Waals surface area contributed by atoms with Crippen LogP contribution in [-0.4, -0.2) is 27.4 Å². The Labute approximate surface area is 156 Å². The first-order chi connectivity index (χ1) is 13.3.